The maximum absolute atomic E-state index is 12.3. The summed E-state index contributed by atoms with van der Waals surface area (Å²) in [7, 11) is 1.62. The summed E-state index contributed by atoms with van der Waals surface area (Å²) in [5.74, 6) is -0.168. The second-order valence-electron chi connectivity index (χ2n) is 9.99. The largest absolute Gasteiger partial charge is 0.378 e. The lowest BCUT2D eigenvalue weighted by Gasteiger charge is -2.34. The highest BCUT2D eigenvalue weighted by Crippen LogP contribution is 2.38. The fraction of sp³-hybridized carbons (Fsp3) is 0.233. The van der Waals surface area contributed by atoms with Crippen LogP contribution in [0.3, 0.4) is 0 Å². The molecule has 5 aromatic rings. The Balaban J connectivity index is 1.46. The van der Waals surface area contributed by atoms with Crippen LogP contribution in [0, 0.1) is 0 Å². The predicted octanol–water partition coefficient (Wildman–Crippen LogP) is 5.33. The van der Waals surface area contributed by atoms with E-state index in [1.807, 2.05) is 42.7 Å². The molecule has 39 heavy (non-hydrogen) atoms. The first-order chi connectivity index (χ1) is 19.0. The molecule has 198 valence electrons. The number of piperidine rings is 1. The third-order valence-corrected chi connectivity index (χ3v) is 7.55. The van der Waals surface area contributed by atoms with Crippen LogP contribution < -0.4 is 21.3 Å². The highest BCUT2D eigenvalue weighted by Gasteiger charge is 2.23. The highest BCUT2D eigenvalue weighted by atomic mass is 35.5. The molecule has 0 bridgehead atoms. The van der Waals surface area contributed by atoms with Gasteiger partial charge in [-0.25, -0.2) is 4.98 Å². The topological polar surface area (TPSA) is 112 Å². The smallest absolute Gasteiger partial charge is 0.252 e. The Hall–Kier alpha value is -4.14. The fourth-order valence-electron chi connectivity index (χ4n) is 5.38. The number of nitrogens with one attached hydrogen (secondary N) is 3. The number of amides is 1. The number of halogens is 1. The van der Waals surface area contributed by atoms with Crippen molar-refractivity contribution in [1.29, 1.82) is 0 Å². The number of rotatable bonds is 6. The molecular weight excluding hydrogens is 510 g/mol. The molecule has 1 aliphatic rings. The monoisotopic (exact) mass is 539 g/mol. The van der Waals surface area contributed by atoms with Crippen molar-refractivity contribution in [3.05, 3.63) is 83.3 Å². The summed E-state index contributed by atoms with van der Waals surface area (Å²) in [6.07, 6.45) is 7.49. The van der Waals surface area contributed by atoms with E-state index in [0.29, 0.717) is 17.1 Å². The van der Waals surface area contributed by atoms with Crippen molar-refractivity contribution < 1.29 is 4.79 Å². The quantitative estimate of drug-likeness (QED) is 0.232. The molecule has 9 heteroatoms. The summed E-state index contributed by atoms with van der Waals surface area (Å²) in [6.45, 7) is 2.33. The maximum Gasteiger partial charge on any atom is 0.252 e. The second-order valence-corrected chi connectivity index (χ2v) is 10.4. The molecule has 5 N–H and O–H groups in total. The van der Waals surface area contributed by atoms with Crippen LogP contribution in [0.5, 0.6) is 0 Å². The minimum Gasteiger partial charge on any atom is -0.378 e. The minimum absolute atomic E-state index is 0.119. The number of anilines is 2. The van der Waals surface area contributed by atoms with Gasteiger partial charge in [-0.2, -0.15) is 0 Å². The molecule has 1 aliphatic heterocycles. The molecule has 6 rings (SSSR count). The number of hydrogen-bond donors (Lipinski definition) is 4. The molecule has 0 radical (unpaired) electrons. The lowest BCUT2D eigenvalue weighted by molar-refractivity contribution is 0.0963. The van der Waals surface area contributed by atoms with Crippen LogP contribution >= 0.6 is 11.6 Å². The molecule has 1 unspecified atom stereocenters. The van der Waals surface area contributed by atoms with Crippen molar-refractivity contribution in [2.45, 2.75) is 25.4 Å². The molecule has 1 fully saturated rings. The van der Waals surface area contributed by atoms with E-state index in [-0.39, 0.29) is 11.9 Å². The zero-order valence-electron chi connectivity index (χ0n) is 21.7. The summed E-state index contributed by atoms with van der Waals surface area (Å²) >= 11 is 6.23. The fourth-order valence-corrected chi connectivity index (χ4v) is 5.60. The first-order valence-electron chi connectivity index (χ1n) is 13.1. The van der Waals surface area contributed by atoms with Crippen LogP contribution in [0.4, 0.5) is 11.4 Å². The molecule has 1 atom stereocenters. The van der Waals surface area contributed by atoms with Crippen molar-refractivity contribution in [2.24, 2.45) is 5.73 Å². The van der Waals surface area contributed by atoms with Crippen molar-refractivity contribution in [3.8, 4) is 11.1 Å². The summed E-state index contributed by atoms with van der Waals surface area (Å²) < 4.78 is 0. The van der Waals surface area contributed by atoms with Gasteiger partial charge in [-0.3, -0.25) is 9.78 Å². The minimum atomic E-state index is -0.168. The number of hydrogen-bond acceptors (Lipinski definition) is 6. The highest BCUT2D eigenvalue weighted by molar-refractivity contribution is 6.30. The van der Waals surface area contributed by atoms with Crippen molar-refractivity contribution in [1.82, 2.24) is 20.3 Å². The summed E-state index contributed by atoms with van der Waals surface area (Å²) in [6, 6.07) is 16.1. The summed E-state index contributed by atoms with van der Waals surface area (Å²) in [5, 5.41) is 8.93. The Bertz CT molecular complexity index is 1680. The van der Waals surface area contributed by atoms with Crippen LogP contribution in [0.1, 0.15) is 28.8 Å². The number of H-pyrrole nitrogens is 1. The lowest BCUT2D eigenvalue weighted by Crippen LogP contribution is -2.43. The molecule has 1 saturated heterocycles. The molecule has 0 saturated carbocycles. The van der Waals surface area contributed by atoms with Crippen LogP contribution in [0.2, 0.25) is 5.02 Å². The van der Waals surface area contributed by atoms with E-state index in [0.717, 1.165) is 75.9 Å². The van der Waals surface area contributed by atoms with E-state index in [1.165, 1.54) is 0 Å². The first-order valence-corrected chi connectivity index (χ1v) is 13.5. The Morgan fingerprint density at radius 3 is 2.87 bits per heavy atom. The van der Waals surface area contributed by atoms with Gasteiger partial charge in [0.25, 0.3) is 5.91 Å². The Morgan fingerprint density at radius 2 is 2.05 bits per heavy atom. The zero-order valence-corrected chi connectivity index (χ0v) is 22.4. The summed E-state index contributed by atoms with van der Waals surface area (Å²) in [5.41, 5.74) is 13.7. The van der Waals surface area contributed by atoms with Gasteiger partial charge in [0.05, 0.1) is 28.7 Å². The van der Waals surface area contributed by atoms with E-state index in [1.54, 1.807) is 13.2 Å². The van der Waals surface area contributed by atoms with E-state index in [2.05, 4.69) is 43.7 Å². The van der Waals surface area contributed by atoms with Gasteiger partial charge >= 0.3 is 0 Å². The number of aromatic amines is 1. The first kappa shape index (κ1) is 25.2. The van der Waals surface area contributed by atoms with E-state index in [9.17, 15) is 4.79 Å². The van der Waals surface area contributed by atoms with Crippen molar-refractivity contribution >= 4 is 50.8 Å². The van der Waals surface area contributed by atoms with Crippen LogP contribution in [0.25, 0.3) is 33.1 Å². The van der Waals surface area contributed by atoms with Crippen LogP contribution in [-0.4, -0.2) is 47.0 Å². The number of pyridine rings is 2. The zero-order chi connectivity index (χ0) is 26.9. The van der Waals surface area contributed by atoms with Gasteiger partial charge in [0.1, 0.15) is 5.65 Å². The van der Waals surface area contributed by atoms with E-state index >= 15 is 0 Å². The number of benzene rings is 2. The number of fused-ring (bicyclic) bond motifs is 2. The Labute approximate surface area is 231 Å². The van der Waals surface area contributed by atoms with E-state index < -0.39 is 0 Å². The molecule has 1 amide bonds. The molecule has 0 spiro atoms. The van der Waals surface area contributed by atoms with Crippen LogP contribution in [0.15, 0.2) is 67.1 Å². The van der Waals surface area contributed by atoms with Gasteiger partial charge in [-0.05, 0) is 54.3 Å². The maximum atomic E-state index is 12.3. The van der Waals surface area contributed by atoms with Crippen LogP contribution in [-0.2, 0) is 6.54 Å². The molecule has 0 aliphatic carbocycles. The van der Waals surface area contributed by atoms with Gasteiger partial charge in [-0.15, -0.1) is 0 Å². The standard InChI is InChI=1S/C30H30ClN7O/c1-33-30(39)20-12-23-25(15-37-29(23)36-14-20)19-7-8-26-24(11-19)28(38-9-3-6-22(32)17-38)27(16-35-26)34-13-18-4-2-5-21(31)10-18/h2,4-5,7-8,10-12,14-16,22,34H,3,6,9,13,17,32H2,1H3,(H,33,39)(H,36,37). The Kier molecular flexibility index (Phi) is 6.81. The van der Waals surface area contributed by atoms with Crippen molar-refractivity contribution in [3.63, 3.8) is 0 Å². The summed E-state index contributed by atoms with van der Waals surface area (Å²) in [4.78, 5) is 27.2. The SMILES string of the molecule is CNC(=O)c1cnc2[nH]cc(-c3ccc4ncc(NCc5cccc(Cl)c5)c(N5CCCC(N)C5)c4c3)c2c1. The number of carbonyl (C=O) groups is 1. The second kappa shape index (κ2) is 10.6. The van der Waals surface area contributed by atoms with Gasteiger partial charge in [0, 0.05) is 66.5 Å². The van der Waals surface area contributed by atoms with Gasteiger partial charge < -0.3 is 26.3 Å². The molecule has 2 aromatic carbocycles. The van der Waals surface area contributed by atoms with Gasteiger partial charge in [0.2, 0.25) is 0 Å². The van der Waals surface area contributed by atoms with Gasteiger partial charge in [0.15, 0.2) is 0 Å². The van der Waals surface area contributed by atoms with E-state index in [4.69, 9.17) is 22.3 Å². The third kappa shape index (κ3) is 5.01. The number of carbonyl (C=O) groups excluding carboxylic acids is 1. The molecule has 4 heterocycles. The number of nitrogens with two attached hydrogens (primary N) is 1. The molecule has 3 aromatic heterocycles. The number of nitrogens with zero attached hydrogens (tertiary/aromatic N) is 3. The average Bonchev–Trinajstić information content (AvgIpc) is 3.38. The average molecular weight is 540 g/mol. The van der Waals surface area contributed by atoms with Gasteiger partial charge in [-0.1, -0.05) is 29.8 Å². The number of aromatic nitrogens is 3. The predicted molar refractivity (Wildman–Crippen MR) is 158 cm³/mol. The lowest BCUT2D eigenvalue weighted by atomic mass is 9.99. The Morgan fingerprint density at radius 1 is 1.15 bits per heavy atom. The third-order valence-electron chi connectivity index (χ3n) is 7.32. The normalized spacial score (nSPS) is 15.6. The molecular formula is C30H30ClN7O. The van der Waals surface area contributed by atoms with Crippen molar-refractivity contribution in [2.75, 3.05) is 30.4 Å². The molecule has 8 nitrogen and oxygen atoms in total.